The lowest BCUT2D eigenvalue weighted by Gasteiger charge is -2.22. The largest absolute Gasteiger partial charge is 0.479 e. The summed E-state index contributed by atoms with van der Waals surface area (Å²) in [6.45, 7) is 1.77. The van der Waals surface area contributed by atoms with Gasteiger partial charge in [-0.2, -0.15) is 0 Å². The number of carbonyl (C=O) groups is 1. The smallest absolute Gasteiger partial charge is 0.332 e. The van der Waals surface area contributed by atoms with E-state index < -0.39 is 12.1 Å². The second kappa shape index (κ2) is 6.89. The number of hydrogen-bond acceptors (Lipinski definition) is 2. The molecule has 2 N–H and O–H groups in total. The topological polar surface area (TPSA) is 57.5 Å². The van der Waals surface area contributed by atoms with Crippen LogP contribution in [-0.4, -0.2) is 22.3 Å². The van der Waals surface area contributed by atoms with Gasteiger partial charge in [-0.15, -0.1) is 0 Å². The van der Waals surface area contributed by atoms with Gasteiger partial charge in [0.1, 0.15) is 0 Å². The molecule has 110 valence electrons. The van der Waals surface area contributed by atoms with Gasteiger partial charge in [-0.1, -0.05) is 50.5 Å². The van der Waals surface area contributed by atoms with Crippen LogP contribution < -0.4 is 0 Å². The van der Waals surface area contributed by atoms with E-state index in [4.69, 9.17) is 5.11 Å². The molecule has 0 spiro atoms. The van der Waals surface area contributed by atoms with Crippen LogP contribution in [0.4, 0.5) is 0 Å². The van der Waals surface area contributed by atoms with Crippen LogP contribution in [0.15, 0.2) is 24.3 Å². The monoisotopic (exact) mass is 276 g/mol. The Morgan fingerprint density at radius 3 is 2.35 bits per heavy atom. The fourth-order valence-corrected chi connectivity index (χ4v) is 3.09. The zero-order chi connectivity index (χ0) is 14.5. The Bertz CT molecular complexity index is 432. The number of carboxylic acids is 1. The number of aliphatic hydroxyl groups is 1. The van der Waals surface area contributed by atoms with Gasteiger partial charge in [0.15, 0.2) is 6.10 Å². The van der Waals surface area contributed by atoms with E-state index in [2.05, 4.69) is 24.3 Å². The molecule has 0 radical (unpaired) electrons. The van der Waals surface area contributed by atoms with Crippen molar-refractivity contribution in [2.45, 2.75) is 57.5 Å². The summed E-state index contributed by atoms with van der Waals surface area (Å²) in [6, 6.07) is 8.50. The molecule has 0 heterocycles. The third-order valence-corrected chi connectivity index (χ3v) is 4.41. The average molecular weight is 276 g/mol. The maximum atomic E-state index is 10.7. The fourth-order valence-electron chi connectivity index (χ4n) is 3.09. The number of carboxylic acid groups (broad SMARTS) is 1. The molecule has 1 aromatic rings. The SMILES string of the molecule is CC(Cc1ccc(C2CCCCC2)cc1)C(O)C(=O)O. The predicted molar refractivity (Wildman–Crippen MR) is 78.8 cm³/mol. The Labute approximate surface area is 120 Å². The molecule has 0 saturated heterocycles. The molecular weight excluding hydrogens is 252 g/mol. The van der Waals surface area contributed by atoms with Crippen LogP contribution in [0, 0.1) is 5.92 Å². The maximum Gasteiger partial charge on any atom is 0.332 e. The van der Waals surface area contributed by atoms with Crippen LogP contribution in [0.3, 0.4) is 0 Å². The second-order valence-electron chi connectivity index (χ2n) is 6.04. The fraction of sp³-hybridized carbons (Fsp3) is 0.588. The number of aliphatic hydroxyl groups excluding tert-OH is 1. The van der Waals surface area contributed by atoms with Crippen LogP contribution in [0.25, 0.3) is 0 Å². The molecule has 1 aliphatic carbocycles. The molecule has 1 aromatic carbocycles. The standard InChI is InChI=1S/C17H24O3/c1-12(16(18)17(19)20)11-13-7-9-15(10-8-13)14-5-3-2-4-6-14/h7-10,12,14,16,18H,2-6,11H2,1H3,(H,19,20). The zero-order valence-corrected chi connectivity index (χ0v) is 12.1. The molecule has 2 unspecified atom stereocenters. The molecule has 0 amide bonds. The Morgan fingerprint density at radius 2 is 1.80 bits per heavy atom. The van der Waals surface area contributed by atoms with Gasteiger partial charge < -0.3 is 10.2 Å². The van der Waals surface area contributed by atoms with Gasteiger partial charge in [-0.25, -0.2) is 4.79 Å². The highest BCUT2D eigenvalue weighted by molar-refractivity contribution is 5.72. The molecule has 0 aromatic heterocycles. The molecule has 1 saturated carbocycles. The van der Waals surface area contributed by atoms with E-state index >= 15 is 0 Å². The van der Waals surface area contributed by atoms with E-state index in [9.17, 15) is 9.90 Å². The van der Waals surface area contributed by atoms with Crippen molar-refractivity contribution in [1.29, 1.82) is 0 Å². The summed E-state index contributed by atoms with van der Waals surface area (Å²) in [7, 11) is 0. The van der Waals surface area contributed by atoms with Gasteiger partial charge in [0.2, 0.25) is 0 Å². The number of hydrogen-bond donors (Lipinski definition) is 2. The minimum absolute atomic E-state index is 0.270. The average Bonchev–Trinajstić information content (AvgIpc) is 2.48. The van der Waals surface area contributed by atoms with Crippen molar-refractivity contribution in [1.82, 2.24) is 0 Å². The summed E-state index contributed by atoms with van der Waals surface area (Å²) in [6.07, 6.45) is 5.90. The lowest BCUT2D eigenvalue weighted by Crippen LogP contribution is -2.28. The lowest BCUT2D eigenvalue weighted by molar-refractivity contribution is -0.149. The summed E-state index contributed by atoms with van der Waals surface area (Å²) in [5.41, 5.74) is 2.50. The van der Waals surface area contributed by atoms with Crippen LogP contribution in [0.5, 0.6) is 0 Å². The Morgan fingerprint density at radius 1 is 1.20 bits per heavy atom. The second-order valence-corrected chi connectivity index (χ2v) is 6.04. The Kier molecular flexibility index (Phi) is 5.18. The molecule has 2 atom stereocenters. The quantitative estimate of drug-likeness (QED) is 0.867. The van der Waals surface area contributed by atoms with Crippen molar-refractivity contribution in [3.8, 4) is 0 Å². The van der Waals surface area contributed by atoms with E-state index in [0.29, 0.717) is 12.3 Å². The van der Waals surface area contributed by atoms with Gasteiger partial charge in [0.25, 0.3) is 0 Å². The first-order valence-electron chi connectivity index (χ1n) is 7.57. The summed E-state index contributed by atoms with van der Waals surface area (Å²) in [5, 5.41) is 18.3. The van der Waals surface area contributed by atoms with Crippen molar-refractivity contribution >= 4 is 5.97 Å². The summed E-state index contributed by atoms with van der Waals surface area (Å²) in [4.78, 5) is 10.7. The number of benzene rings is 1. The first-order chi connectivity index (χ1) is 9.58. The lowest BCUT2D eigenvalue weighted by atomic mass is 9.83. The third kappa shape index (κ3) is 3.83. The van der Waals surface area contributed by atoms with Crippen LogP contribution in [0.1, 0.15) is 56.1 Å². The molecule has 1 aliphatic rings. The van der Waals surface area contributed by atoms with Crippen molar-refractivity contribution in [2.75, 3.05) is 0 Å². The minimum Gasteiger partial charge on any atom is -0.479 e. The van der Waals surface area contributed by atoms with E-state index in [1.807, 2.05) is 0 Å². The van der Waals surface area contributed by atoms with E-state index in [1.165, 1.54) is 37.7 Å². The van der Waals surface area contributed by atoms with Gasteiger partial charge >= 0.3 is 5.97 Å². The van der Waals surface area contributed by atoms with Crippen molar-refractivity contribution in [2.24, 2.45) is 5.92 Å². The molecule has 0 bridgehead atoms. The summed E-state index contributed by atoms with van der Waals surface area (Å²) < 4.78 is 0. The summed E-state index contributed by atoms with van der Waals surface area (Å²) >= 11 is 0. The van der Waals surface area contributed by atoms with Crippen molar-refractivity contribution in [3.63, 3.8) is 0 Å². The minimum atomic E-state index is -1.28. The van der Waals surface area contributed by atoms with Gasteiger partial charge in [-0.3, -0.25) is 0 Å². The highest BCUT2D eigenvalue weighted by Crippen LogP contribution is 2.32. The summed E-state index contributed by atoms with van der Waals surface area (Å²) in [5.74, 6) is -0.718. The van der Waals surface area contributed by atoms with E-state index in [0.717, 1.165) is 5.56 Å². The van der Waals surface area contributed by atoms with Crippen molar-refractivity contribution < 1.29 is 15.0 Å². The highest BCUT2D eigenvalue weighted by Gasteiger charge is 2.22. The van der Waals surface area contributed by atoms with Gasteiger partial charge in [-0.05, 0) is 42.2 Å². The molecule has 0 aliphatic heterocycles. The Balaban J connectivity index is 1.95. The predicted octanol–water partition coefficient (Wildman–Crippen LogP) is 3.36. The number of rotatable bonds is 5. The molecule has 3 nitrogen and oxygen atoms in total. The van der Waals surface area contributed by atoms with Crippen molar-refractivity contribution in [3.05, 3.63) is 35.4 Å². The first kappa shape index (κ1) is 15.0. The van der Waals surface area contributed by atoms with Gasteiger partial charge in [0.05, 0.1) is 0 Å². The molecular formula is C17H24O3. The molecule has 1 fully saturated rings. The Hall–Kier alpha value is -1.35. The normalized spacial score (nSPS) is 19.5. The zero-order valence-electron chi connectivity index (χ0n) is 12.1. The highest BCUT2D eigenvalue weighted by atomic mass is 16.4. The van der Waals surface area contributed by atoms with Crippen LogP contribution in [0.2, 0.25) is 0 Å². The van der Waals surface area contributed by atoms with Crippen LogP contribution >= 0.6 is 0 Å². The third-order valence-electron chi connectivity index (χ3n) is 4.41. The molecule has 20 heavy (non-hydrogen) atoms. The van der Waals surface area contributed by atoms with E-state index in [-0.39, 0.29) is 5.92 Å². The van der Waals surface area contributed by atoms with Crippen LogP contribution in [-0.2, 0) is 11.2 Å². The first-order valence-corrected chi connectivity index (χ1v) is 7.57. The molecule has 3 heteroatoms. The maximum absolute atomic E-state index is 10.7. The van der Waals surface area contributed by atoms with Gasteiger partial charge in [0, 0.05) is 0 Å². The molecule has 2 rings (SSSR count). The number of aliphatic carboxylic acids is 1. The van der Waals surface area contributed by atoms with E-state index in [1.54, 1.807) is 6.92 Å².